The number of rotatable bonds is 0. The van der Waals surface area contributed by atoms with E-state index in [-0.39, 0.29) is 0 Å². The first-order chi connectivity index (χ1) is 3.80. The zero-order valence-corrected chi connectivity index (χ0v) is 5.65. The Hall–Kier alpha value is 0.167. The van der Waals surface area contributed by atoms with Crippen LogP contribution in [0, 0.1) is 0 Å². The molecular weight excluding hydrogens is 111 g/mol. The summed E-state index contributed by atoms with van der Waals surface area (Å²) >= 11 is 6.24. The molecule has 0 bridgehead atoms. The molecule has 0 aliphatic rings. The van der Waals surface area contributed by atoms with E-state index in [0.717, 1.165) is 4.90 Å². The van der Waals surface area contributed by atoms with E-state index in [1.807, 2.05) is 42.0 Å². The van der Waals surface area contributed by atoms with Gasteiger partial charge in [0, 0.05) is 0 Å². The van der Waals surface area contributed by atoms with Crippen LogP contribution in [-0.2, 0) is 0 Å². The van der Waals surface area contributed by atoms with Crippen molar-refractivity contribution in [2.45, 2.75) is 4.90 Å². The van der Waals surface area contributed by atoms with Crippen LogP contribution in [0.4, 0.5) is 0 Å². The Balaban J connectivity index is 3.13. The fourth-order valence-electron chi connectivity index (χ4n) is 0.563. The minimum absolute atomic E-state index is 1.06. The molecule has 0 saturated heterocycles. The SMILES string of the molecule is [Li][c]1ccccc1S. The molecule has 0 amide bonds. The van der Waals surface area contributed by atoms with Gasteiger partial charge in [-0.1, -0.05) is 0 Å². The van der Waals surface area contributed by atoms with Gasteiger partial charge in [-0.15, -0.1) is 0 Å². The second-order valence-corrected chi connectivity index (χ2v) is 2.27. The fourth-order valence-corrected chi connectivity index (χ4v) is 0.724. The molecule has 0 unspecified atom stereocenters. The minimum atomic E-state index is 1.06. The molecular formula is C6H5LiS. The van der Waals surface area contributed by atoms with Gasteiger partial charge in [-0.05, 0) is 0 Å². The second kappa shape index (κ2) is 2.64. The average molecular weight is 116 g/mol. The van der Waals surface area contributed by atoms with E-state index in [1.54, 1.807) is 0 Å². The van der Waals surface area contributed by atoms with Crippen LogP contribution in [0.5, 0.6) is 0 Å². The molecule has 0 spiro atoms. The third-order valence-electron chi connectivity index (χ3n) is 1.12. The monoisotopic (exact) mass is 116 g/mol. The van der Waals surface area contributed by atoms with Gasteiger partial charge in [-0.2, -0.15) is 0 Å². The summed E-state index contributed by atoms with van der Waals surface area (Å²) < 4.78 is 1.23. The van der Waals surface area contributed by atoms with Crippen LogP contribution < -0.4 is 4.24 Å². The Bertz CT molecular complexity index is 165. The second-order valence-electron chi connectivity index (χ2n) is 1.79. The van der Waals surface area contributed by atoms with Crippen LogP contribution in [0.1, 0.15) is 0 Å². The van der Waals surface area contributed by atoms with Crippen molar-refractivity contribution in [3.8, 4) is 0 Å². The maximum absolute atomic E-state index is 4.20. The molecule has 1 rings (SSSR count). The number of thiol groups is 1. The van der Waals surface area contributed by atoms with Crippen LogP contribution in [-0.4, -0.2) is 17.7 Å². The molecule has 0 aliphatic carbocycles. The van der Waals surface area contributed by atoms with E-state index in [4.69, 9.17) is 0 Å². The first-order valence-electron chi connectivity index (χ1n) is 2.55. The Kier molecular flexibility index (Phi) is 2.07. The molecule has 1 aromatic carbocycles. The van der Waals surface area contributed by atoms with E-state index < -0.39 is 0 Å². The normalized spacial score (nSPS) is 9.38. The fraction of sp³-hybridized carbons (Fsp3) is 0. The van der Waals surface area contributed by atoms with Crippen molar-refractivity contribution in [1.82, 2.24) is 0 Å². The van der Waals surface area contributed by atoms with Crippen LogP contribution >= 0.6 is 12.6 Å². The molecule has 1 aromatic rings. The predicted octanol–water partition coefficient (Wildman–Crippen LogP) is 0.769. The summed E-state index contributed by atoms with van der Waals surface area (Å²) in [4.78, 5) is 1.06. The summed E-state index contributed by atoms with van der Waals surface area (Å²) in [6.45, 7) is 0. The van der Waals surface area contributed by atoms with Gasteiger partial charge in [-0.25, -0.2) is 0 Å². The van der Waals surface area contributed by atoms with Crippen LogP contribution in [0.25, 0.3) is 0 Å². The van der Waals surface area contributed by atoms with Gasteiger partial charge in [-0.3, -0.25) is 0 Å². The zero-order valence-electron chi connectivity index (χ0n) is 4.76. The van der Waals surface area contributed by atoms with Gasteiger partial charge < -0.3 is 0 Å². The number of benzene rings is 1. The Labute approximate surface area is 63.9 Å². The van der Waals surface area contributed by atoms with Crippen molar-refractivity contribution < 1.29 is 0 Å². The van der Waals surface area contributed by atoms with Crippen molar-refractivity contribution >= 4 is 34.6 Å². The summed E-state index contributed by atoms with van der Waals surface area (Å²) in [6.07, 6.45) is 0. The molecule has 0 heterocycles. The number of hydrogen-bond acceptors (Lipinski definition) is 1. The molecule has 0 radical (unpaired) electrons. The molecule has 0 aliphatic heterocycles. The standard InChI is InChI=1S/C6H5S.Li/c7-6-4-2-1-3-5-6;/h1-4,7H;. The average Bonchev–Trinajstić information content (AvgIpc) is 1.77. The molecule has 0 nitrogen and oxygen atoms in total. The summed E-state index contributed by atoms with van der Waals surface area (Å²) in [7, 11) is 0. The van der Waals surface area contributed by atoms with E-state index in [2.05, 4.69) is 12.6 Å². The number of hydrogen-bond donors (Lipinski definition) is 1. The Morgan fingerprint density at radius 3 is 2.25 bits per heavy atom. The van der Waals surface area contributed by atoms with Crippen molar-refractivity contribution in [3.05, 3.63) is 24.3 Å². The van der Waals surface area contributed by atoms with Gasteiger partial charge in [0.15, 0.2) is 0 Å². The van der Waals surface area contributed by atoms with Gasteiger partial charge in [0.05, 0.1) is 0 Å². The molecule has 0 aromatic heterocycles. The van der Waals surface area contributed by atoms with E-state index in [1.165, 1.54) is 4.24 Å². The molecule has 36 valence electrons. The Morgan fingerprint density at radius 1 is 1.25 bits per heavy atom. The van der Waals surface area contributed by atoms with Gasteiger partial charge in [0.2, 0.25) is 0 Å². The first kappa shape index (κ1) is 6.29. The van der Waals surface area contributed by atoms with Crippen LogP contribution in [0.3, 0.4) is 0 Å². The van der Waals surface area contributed by atoms with E-state index in [0.29, 0.717) is 0 Å². The van der Waals surface area contributed by atoms with Crippen LogP contribution in [0.2, 0.25) is 0 Å². The molecule has 2 heteroatoms. The Morgan fingerprint density at radius 2 is 1.88 bits per heavy atom. The summed E-state index contributed by atoms with van der Waals surface area (Å²) in [5.74, 6) is 0. The van der Waals surface area contributed by atoms with E-state index >= 15 is 0 Å². The molecule has 0 fully saturated rings. The van der Waals surface area contributed by atoms with Crippen molar-refractivity contribution in [2.75, 3.05) is 0 Å². The van der Waals surface area contributed by atoms with Crippen molar-refractivity contribution in [3.63, 3.8) is 0 Å². The maximum atomic E-state index is 4.20. The molecule has 8 heavy (non-hydrogen) atoms. The predicted molar refractivity (Wildman–Crippen MR) is 39.1 cm³/mol. The molecule has 0 saturated carbocycles. The quantitative estimate of drug-likeness (QED) is 0.375. The van der Waals surface area contributed by atoms with Crippen molar-refractivity contribution in [2.24, 2.45) is 0 Å². The topological polar surface area (TPSA) is 0 Å². The summed E-state index contributed by atoms with van der Waals surface area (Å²) in [5.41, 5.74) is 0. The third-order valence-corrected chi connectivity index (χ3v) is 1.62. The molecule has 0 atom stereocenters. The third kappa shape index (κ3) is 1.32. The molecule has 0 N–H and O–H groups in total. The first-order valence-corrected chi connectivity index (χ1v) is 3.00. The van der Waals surface area contributed by atoms with E-state index in [9.17, 15) is 0 Å². The van der Waals surface area contributed by atoms with Crippen LogP contribution in [0.15, 0.2) is 29.2 Å². The van der Waals surface area contributed by atoms with Gasteiger partial charge in [0.1, 0.15) is 0 Å². The van der Waals surface area contributed by atoms with Crippen molar-refractivity contribution in [1.29, 1.82) is 0 Å². The van der Waals surface area contributed by atoms with Gasteiger partial charge >= 0.3 is 63.7 Å². The van der Waals surface area contributed by atoms with Gasteiger partial charge in [0.25, 0.3) is 0 Å². The summed E-state index contributed by atoms with van der Waals surface area (Å²) in [5, 5.41) is 0. The summed E-state index contributed by atoms with van der Waals surface area (Å²) in [6, 6.07) is 8.02. The zero-order chi connectivity index (χ0) is 5.98.